The molecular formula is C13H23NO. The largest absolute Gasteiger partial charge is 0.355 e. The zero-order valence-electron chi connectivity index (χ0n) is 10.0. The van der Waals surface area contributed by atoms with Gasteiger partial charge in [-0.05, 0) is 6.42 Å². The van der Waals surface area contributed by atoms with Crippen LogP contribution in [0.1, 0.15) is 52.4 Å². The van der Waals surface area contributed by atoms with E-state index in [4.69, 9.17) is 6.42 Å². The molecule has 0 aromatic heterocycles. The molecule has 86 valence electrons. The smallest absolute Gasteiger partial charge is 0.222 e. The second-order valence-corrected chi connectivity index (χ2v) is 4.00. The van der Waals surface area contributed by atoms with Gasteiger partial charge in [0, 0.05) is 18.9 Å². The molecule has 0 aromatic carbocycles. The zero-order chi connectivity index (χ0) is 11.5. The minimum atomic E-state index is 0.125. The maximum atomic E-state index is 11.5. The Bertz CT molecular complexity index is 205. The number of hydrogen-bond donors (Lipinski definition) is 1. The molecule has 0 aliphatic carbocycles. The van der Waals surface area contributed by atoms with Gasteiger partial charge in [-0.3, -0.25) is 4.79 Å². The molecule has 2 nitrogen and oxygen atoms in total. The summed E-state index contributed by atoms with van der Waals surface area (Å²) in [6, 6.07) is 0. The van der Waals surface area contributed by atoms with Crippen molar-refractivity contribution in [3.63, 3.8) is 0 Å². The van der Waals surface area contributed by atoms with Crippen molar-refractivity contribution in [2.45, 2.75) is 52.4 Å². The Kier molecular flexibility index (Phi) is 8.96. The van der Waals surface area contributed by atoms with Crippen molar-refractivity contribution < 1.29 is 4.79 Å². The number of rotatable bonds is 8. The van der Waals surface area contributed by atoms with Gasteiger partial charge in [0.2, 0.25) is 5.91 Å². The van der Waals surface area contributed by atoms with Gasteiger partial charge in [-0.2, -0.15) is 0 Å². The van der Waals surface area contributed by atoms with Crippen molar-refractivity contribution in [1.82, 2.24) is 5.32 Å². The fraction of sp³-hybridized carbons (Fsp3) is 0.769. The van der Waals surface area contributed by atoms with Gasteiger partial charge in [0.15, 0.2) is 0 Å². The Morgan fingerprint density at radius 1 is 1.40 bits per heavy atom. The van der Waals surface area contributed by atoms with E-state index < -0.39 is 0 Å². The van der Waals surface area contributed by atoms with Crippen LogP contribution in [0.2, 0.25) is 0 Å². The Balaban J connectivity index is 3.47. The van der Waals surface area contributed by atoms with Crippen LogP contribution in [0.3, 0.4) is 0 Å². The molecule has 1 N–H and O–H groups in total. The molecular weight excluding hydrogens is 186 g/mol. The lowest BCUT2D eigenvalue weighted by atomic mass is 10.0. The number of terminal acetylenes is 1. The van der Waals surface area contributed by atoms with Crippen LogP contribution in [-0.4, -0.2) is 12.5 Å². The number of unbranched alkanes of at least 4 members (excludes halogenated alkanes) is 3. The average molecular weight is 209 g/mol. The number of carbonyl (C=O) groups excluding carboxylic acids is 1. The van der Waals surface area contributed by atoms with Gasteiger partial charge >= 0.3 is 0 Å². The number of carbonyl (C=O) groups is 1. The predicted molar refractivity (Wildman–Crippen MR) is 64.4 cm³/mol. The number of amides is 1. The Hall–Kier alpha value is -0.970. The first kappa shape index (κ1) is 14.0. The van der Waals surface area contributed by atoms with Crippen molar-refractivity contribution in [2.24, 2.45) is 5.92 Å². The standard InChI is InChI=1S/C13H23NO/c1-4-6-8-9-10-12(3)13(15)14-11-7-5-2/h2,12H,4,6-11H2,1,3H3,(H,14,15)/t12-/m0/s1. The van der Waals surface area contributed by atoms with Gasteiger partial charge in [0.05, 0.1) is 0 Å². The zero-order valence-corrected chi connectivity index (χ0v) is 10.0. The van der Waals surface area contributed by atoms with E-state index in [-0.39, 0.29) is 11.8 Å². The molecule has 1 atom stereocenters. The molecule has 0 aromatic rings. The monoisotopic (exact) mass is 209 g/mol. The molecule has 0 saturated heterocycles. The van der Waals surface area contributed by atoms with E-state index in [0.29, 0.717) is 13.0 Å². The first-order valence-electron chi connectivity index (χ1n) is 5.93. The summed E-state index contributed by atoms with van der Waals surface area (Å²) in [7, 11) is 0. The van der Waals surface area contributed by atoms with Crippen LogP contribution < -0.4 is 5.32 Å². The molecule has 0 unspecified atom stereocenters. The molecule has 0 aliphatic heterocycles. The van der Waals surface area contributed by atoms with E-state index in [1.165, 1.54) is 19.3 Å². The summed E-state index contributed by atoms with van der Waals surface area (Å²) in [6.07, 6.45) is 11.6. The van der Waals surface area contributed by atoms with Gasteiger partial charge in [-0.1, -0.05) is 39.5 Å². The fourth-order valence-corrected chi connectivity index (χ4v) is 1.44. The average Bonchev–Trinajstić information content (AvgIpc) is 2.24. The summed E-state index contributed by atoms with van der Waals surface area (Å²) in [5.74, 6) is 2.77. The minimum Gasteiger partial charge on any atom is -0.355 e. The highest BCUT2D eigenvalue weighted by molar-refractivity contribution is 5.78. The lowest BCUT2D eigenvalue weighted by molar-refractivity contribution is -0.124. The van der Waals surface area contributed by atoms with Crippen LogP contribution in [0, 0.1) is 18.3 Å². The third-order valence-electron chi connectivity index (χ3n) is 2.51. The Morgan fingerprint density at radius 3 is 2.73 bits per heavy atom. The normalized spacial score (nSPS) is 11.8. The highest BCUT2D eigenvalue weighted by Gasteiger charge is 2.10. The van der Waals surface area contributed by atoms with E-state index in [1.54, 1.807) is 0 Å². The third-order valence-corrected chi connectivity index (χ3v) is 2.51. The SMILES string of the molecule is C#CCCNC(=O)[C@@H](C)CCCCCC. The van der Waals surface area contributed by atoms with Crippen LogP contribution in [0.4, 0.5) is 0 Å². The molecule has 0 bridgehead atoms. The first-order chi connectivity index (χ1) is 7.22. The van der Waals surface area contributed by atoms with E-state index in [0.717, 1.165) is 12.8 Å². The van der Waals surface area contributed by atoms with Crippen molar-refractivity contribution >= 4 is 5.91 Å². The van der Waals surface area contributed by atoms with Crippen LogP contribution in [0.25, 0.3) is 0 Å². The molecule has 0 saturated carbocycles. The molecule has 1 amide bonds. The summed E-state index contributed by atoms with van der Waals surface area (Å²) in [4.78, 5) is 11.5. The molecule has 0 radical (unpaired) electrons. The Labute approximate surface area is 93.8 Å². The quantitative estimate of drug-likeness (QED) is 0.483. The summed E-state index contributed by atoms with van der Waals surface area (Å²) in [5.41, 5.74) is 0. The molecule has 15 heavy (non-hydrogen) atoms. The lowest BCUT2D eigenvalue weighted by Crippen LogP contribution is -2.29. The summed E-state index contributed by atoms with van der Waals surface area (Å²) in [6.45, 7) is 4.78. The van der Waals surface area contributed by atoms with Crippen molar-refractivity contribution in [1.29, 1.82) is 0 Å². The third kappa shape index (κ3) is 8.05. The fourth-order valence-electron chi connectivity index (χ4n) is 1.44. The van der Waals surface area contributed by atoms with E-state index in [9.17, 15) is 4.79 Å². The molecule has 0 rings (SSSR count). The van der Waals surface area contributed by atoms with Crippen LogP contribution in [-0.2, 0) is 4.79 Å². The van der Waals surface area contributed by atoms with Crippen molar-refractivity contribution in [3.8, 4) is 12.3 Å². The van der Waals surface area contributed by atoms with Gasteiger partial charge in [-0.25, -0.2) is 0 Å². The first-order valence-corrected chi connectivity index (χ1v) is 5.93. The van der Waals surface area contributed by atoms with E-state index in [2.05, 4.69) is 18.2 Å². The minimum absolute atomic E-state index is 0.125. The maximum absolute atomic E-state index is 11.5. The Morgan fingerprint density at radius 2 is 2.13 bits per heavy atom. The molecule has 0 fully saturated rings. The second kappa shape index (κ2) is 9.58. The van der Waals surface area contributed by atoms with E-state index in [1.807, 2.05) is 6.92 Å². The highest BCUT2D eigenvalue weighted by atomic mass is 16.1. The number of nitrogens with one attached hydrogen (secondary N) is 1. The van der Waals surface area contributed by atoms with E-state index >= 15 is 0 Å². The van der Waals surface area contributed by atoms with Gasteiger partial charge < -0.3 is 5.32 Å². The topological polar surface area (TPSA) is 29.1 Å². The van der Waals surface area contributed by atoms with Gasteiger partial charge in [0.1, 0.15) is 0 Å². The predicted octanol–water partition coefficient (Wildman–Crippen LogP) is 2.73. The lowest BCUT2D eigenvalue weighted by Gasteiger charge is -2.10. The second-order valence-electron chi connectivity index (χ2n) is 4.00. The maximum Gasteiger partial charge on any atom is 0.222 e. The summed E-state index contributed by atoms with van der Waals surface area (Å²) < 4.78 is 0. The molecule has 0 aliphatic rings. The van der Waals surface area contributed by atoms with Crippen molar-refractivity contribution in [3.05, 3.63) is 0 Å². The number of hydrogen-bond acceptors (Lipinski definition) is 1. The van der Waals surface area contributed by atoms with Crippen LogP contribution in [0.15, 0.2) is 0 Å². The molecule has 2 heteroatoms. The molecule has 0 heterocycles. The van der Waals surface area contributed by atoms with Crippen LogP contribution >= 0.6 is 0 Å². The van der Waals surface area contributed by atoms with Gasteiger partial charge in [0.25, 0.3) is 0 Å². The summed E-state index contributed by atoms with van der Waals surface area (Å²) >= 11 is 0. The summed E-state index contributed by atoms with van der Waals surface area (Å²) in [5, 5.41) is 2.84. The van der Waals surface area contributed by atoms with Crippen LogP contribution in [0.5, 0.6) is 0 Å². The highest BCUT2D eigenvalue weighted by Crippen LogP contribution is 2.10. The van der Waals surface area contributed by atoms with Gasteiger partial charge in [-0.15, -0.1) is 12.3 Å². The van der Waals surface area contributed by atoms with Crippen molar-refractivity contribution in [2.75, 3.05) is 6.54 Å². The molecule has 0 spiro atoms.